The number of carboxylic acid groups (broad SMARTS) is 1. The summed E-state index contributed by atoms with van der Waals surface area (Å²) in [5.41, 5.74) is 0.893. The summed E-state index contributed by atoms with van der Waals surface area (Å²) in [6.07, 6.45) is 10.7. The Labute approximate surface area is 206 Å². The molecular weight excluding hydrogens is 436 g/mol. The van der Waals surface area contributed by atoms with E-state index in [1.54, 1.807) is 19.1 Å². The standard InChI is InChI=1S/C26H50N2O6/c1-4-6-7-12-23(31)13-8-10-21(17-24(32)19-29)25(28-18-20(3)30)14-9-11-22(27-5-2)15-16-26(33)34/h8,10,13,20,22-25,27-32H,4-7,9,11-12,14-19H2,1-3H3,(H,33,34). The lowest BCUT2D eigenvalue weighted by Crippen LogP contribution is -2.37. The Kier molecular flexibility index (Phi) is 20.2. The molecule has 0 aliphatic carbocycles. The van der Waals surface area contributed by atoms with Crippen molar-refractivity contribution in [3.05, 3.63) is 23.8 Å². The average molecular weight is 487 g/mol. The van der Waals surface area contributed by atoms with E-state index in [1.807, 2.05) is 13.0 Å². The summed E-state index contributed by atoms with van der Waals surface area (Å²) in [5.74, 6) is -0.800. The number of aliphatic hydroxyl groups excluding tert-OH is 4. The number of aliphatic carboxylic acids is 1. The lowest BCUT2D eigenvalue weighted by Gasteiger charge is -2.25. The van der Waals surface area contributed by atoms with Gasteiger partial charge in [-0.1, -0.05) is 63.3 Å². The first-order valence-corrected chi connectivity index (χ1v) is 12.9. The SMILES string of the molecule is CCCCCC(O)C=CC=C(CC(O)CO)C(CCCC(CCC(=O)O)NCC)NCC(C)O. The van der Waals surface area contributed by atoms with Crippen LogP contribution in [-0.2, 0) is 4.79 Å². The first-order chi connectivity index (χ1) is 16.2. The fraction of sp³-hybridized carbons (Fsp3) is 0.808. The zero-order valence-corrected chi connectivity index (χ0v) is 21.5. The Morgan fingerprint density at radius 2 is 1.71 bits per heavy atom. The van der Waals surface area contributed by atoms with Gasteiger partial charge in [0.15, 0.2) is 0 Å². The summed E-state index contributed by atoms with van der Waals surface area (Å²) in [4.78, 5) is 10.9. The number of aliphatic hydroxyl groups is 4. The second-order valence-electron chi connectivity index (χ2n) is 9.16. The molecule has 0 aromatic heterocycles. The molecule has 0 aromatic carbocycles. The summed E-state index contributed by atoms with van der Waals surface area (Å²) in [6, 6.07) is -0.00780. The van der Waals surface area contributed by atoms with Crippen LogP contribution < -0.4 is 10.6 Å². The zero-order chi connectivity index (χ0) is 25.8. The summed E-state index contributed by atoms with van der Waals surface area (Å²) in [7, 11) is 0. The van der Waals surface area contributed by atoms with Crippen LogP contribution in [0, 0.1) is 0 Å². The Morgan fingerprint density at radius 3 is 2.29 bits per heavy atom. The van der Waals surface area contributed by atoms with Crippen LogP contribution in [0.25, 0.3) is 0 Å². The predicted octanol–water partition coefficient (Wildman–Crippen LogP) is 2.51. The normalized spacial score (nSPS) is 17.0. The van der Waals surface area contributed by atoms with Crippen molar-refractivity contribution in [3.63, 3.8) is 0 Å². The van der Waals surface area contributed by atoms with Crippen molar-refractivity contribution in [2.45, 2.75) is 115 Å². The fourth-order valence-electron chi connectivity index (χ4n) is 3.90. The van der Waals surface area contributed by atoms with E-state index in [-0.39, 0.29) is 31.5 Å². The number of hydrogen-bond donors (Lipinski definition) is 7. The van der Waals surface area contributed by atoms with E-state index in [4.69, 9.17) is 5.11 Å². The molecule has 0 radical (unpaired) electrons. The van der Waals surface area contributed by atoms with Gasteiger partial charge in [-0.15, -0.1) is 0 Å². The van der Waals surface area contributed by atoms with Crippen LogP contribution >= 0.6 is 0 Å². The van der Waals surface area contributed by atoms with Gasteiger partial charge in [0.1, 0.15) is 0 Å². The molecule has 0 aliphatic heterocycles. The van der Waals surface area contributed by atoms with Crippen LogP contribution in [0.5, 0.6) is 0 Å². The first-order valence-electron chi connectivity index (χ1n) is 12.9. The number of allylic oxidation sites excluding steroid dienone is 2. The van der Waals surface area contributed by atoms with Gasteiger partial charge < -0.3 is 36.2 Å². The molecule has 0 spiro atoms. The summed E-state index contributed by atoms with van der Waals surface area (Å²) >= 11 is 0. The lowest BCUT2D eigenvalue weighted by molar-refractivity contribution is -0.137. The molecule has 5 atom stereocenters. The summed E-state index contributed by atoms with van der Waals surface area (Å²) in [5, 5.41) is 55.1. The number of rotatable bonds is 22. The molecule has 0 rings (SSSR count). The molecule has 0 aromatic rings. The van der Waals surface area contributed by atoms with Crippen LogP contribution in [0.1, 0.15) is 85.0 Å². The molecule has 5 unspecified atom stereocenters. The van der Waals surface area contributed by atoms with E-state index in [1.165, 1.54) is 0 Å². The fourth-order valence-corrected chi connectivity index (χ4v) is 3.90. The van der Waals surface area contributed by atoms with Crippen LogP contribution in [-0.4, -0.2) is 81.6 Å². The lowest BCUT2D eigenvalue weighted by atomic mass is 9.93. The Balaban J connectivity index is 5.32. The maximum absolute atomic E-state index is 10.9. The second-order valence-corrected chi connectivity index (χ2v) is 9.16. The highest BCUT2D eigenvalue weighted by molar-refractivity contribution is 5.66. The van der Waals surface area contributed by atoms with Gasteiger partial charge >= 0.3 is 5.97 Å². The Bertz CT molecular complexity index is 567. The quantitative estimate of drug-likeness (QED) is 0.0914. The van der Waals surface area contributed by atoms with Crippen LogP contribution in [0.2, 0.25) is 0 Å². The molecule has 0 amide bonds. The predicted molar refractivity (Wildman–Crippen MR) is 137 cm³/mol. The topological polar surface area (TPSA) is 142 Å². The van der Waals surface area contributed by atoms with Gasteiger partial charge in [0.05, 0.1) is 24.9 Å². The molecule has 8 nitrogen and oxygen atoms in total. The van der Waals surface area contributed by atoms with Crippen molar-refractivity contribution in [2.24, 2.45) is 0 Å². The van der Waals surface area contributed by atoms with Gasteiger partial charge in [-0.25, -0.2) is 0 Å². The largest absolute Gasteiger partial charge is 0.481 e. The molecule has 0 bridgehead atoms. The molecular formula is C26H50N2O6. The van der Waals surface area contributed by atoms with E-state index in [9.17, 15) is 25.2 Å². The van der Waals surface area contributed by atoms with Gasteiger partial charge in [0.2, 0.25) is 0 Å². The van der Waals surface area contributed by atoms with E-state index in [0.717, 1.165) is 50.6 Å². The Morgan fingerprint density at radius 1 is 0.971 bits per heavy atom. The van der Waals surface area contributed by atoms with Crippen LogP contribution in [0.4, 0.5) is 0 Å². The zero-order valence-electron chi connectivity index (χ0n) is 21.5. The number of carboxylic acids is 1. The summed E-state index contributed by atoms with van der Waals surface area (Å²) in [6.45, 7) is 6.64. The third kappa shape index (κ3) is 18.1. The van der Waals surface area contributed by atoms with Crippen molar-refractivity contribution in [2.75, 3.05) is 19.7 Å². The van der Waals surface area contributed by atoms with Gasteiger partial charge in [-0.2, -0.15) is 0 Å². The minimum absolute atomic E-state index is 0.118. The highest BCUT2D eigenvalue weighted by atomic mass is 16.4. The van der Waals surface area contributed by atoms with E-state index >= 15 is 0 Å². The van der Waals surface area contributed by atoms with Gasteiger partial charge in [0.25, 0.3) is 0 Å². The van der Waals surface area contributed by atoms with Gasteiger partial charge in [-0.3, -0.25) is 4.79 Å². The van der Waals surface area contributed by atoms with E-state index < -0.39 is 24.3 Å². The maximum atomic E-state index is 10.9. The van der Waals surface area contributed by atoms with Crippen LogP contribution in [0.3, 0.4) is 0 Å². The minimum atomic E-state index is -0.893. The molecule has 0 heterocycles. The third-order valence-corrected chi connectivity index (χ3v) is 5.78. The number of hydrogen-bond acceptors (Lipinski definition) is 7. The first kappa shape index (κ1) is 32.7. The smallest absolute Gasteiger partial charge is 0.303 e. The highest BCUT2D eigenvalue weighted by Gasteiger charge is 2.19. The van der Waals surface area contributed by atoms with Crippen molar-refractivity contribution in [3.8, 4) is 0 Å². The molecule has 34 heavy (non-hydrogen) atoms. The Hall–Kier alpha value is -1.29. The van der Waals surface area contributed by atoms with Crippen molar-refractivity contribution >= 4 is 5.97 Å². The minimum Gasteiger partial charge on any atom is -0.481 e. The van der Waals surface area contributed by atoms with E-state index in [2.05, 4.69) is 17.6 Å². The molecule has 8 heteroatoms. The van der Waals surface area contributed by atoms with Gasteiger partial charge in [-0.05, 0) is 45.6 Å². The van der Waals surface area contributed by atoms with E-state index in [0.29, 0.717) is 19.4 Å². The monoisotopic (exact) mass is 486 g/mol. The summed E-state index contributed by atoms with van der Waals surface area (Å²) < 4.78 is 0. The number of unbranched alkanes of at least 4 members (excludes halogenated alkanes) is 2. The van der Waals surface area contributed by atoms with Crippen LogP contribution in [0.15, 0.2) is 23.8 Å². The molecule has 0 saturated heterocycles. The molecule has 0 aliphatic rings. The molecule has 7 N–H and O–H groups in total. The maximum Gasteiger partial charge on any atom is 0.303 e. The van der Waals surface area contributed by atoms with Crippen molar-refractivity contribution < 1.29 is 30.3 Å². The highest BCUT2D eigenvalue weighted by Crippen LogP contribution is 2.19. The van der Waals surface area contributed by atoms with Crippen molar-refractivity contribution in [1.29, 1.82) is 0 Å². The molecule has 0 fully saturated rings. The number of carbonyl (C=O) groups is 1. The molecule has 0 saturated carbocycles. The van der Waals surface area contributed by atoms with Crippen molar-refractivity contribution in [1.82, 2.24) is 10.6 Å². The average Bonchev–Trinajstić information content (AvgIpc) is 2.78. The van der Waals surface area contributed by atoms with Gasteiger partial charge in [0, 0.05) is 25.0 Å². The molecule has 200 valence electrons. The number of nitrogens with one attached hydrogen (secondary N) is 2. The second kappa shape index (κ2) is 21.0. The third-order valence-electron chi connectivity index (χ3n) is 5.78.